The van der Waals surface area contributed by atoms with E-state index in [2.05, 4.69) is 0 Å². The Hall–Kier alpha value is -2.30. The number of nitrogens with zero attached hydrogens (tertiary/aromatic N) is 2. The van der Waals surface area contributed by atoms with E-state index in [1.54, 1.807) is 6.07 Å². The summed E-state index contributed by atoms with van der Waals surface area (Å²) in [5.41, 5.74) is 4.67. The molecule has 1 aromatic carbocycles. The van der Waals surface area contributed by atoms with Gasteiger partial charge in [-0.25, -0.2) is 4.39 Å². The van der Waals surface area contributed by atoms with E-state index in [9.17, 15) is 9.18 Å². The van der Waals surface area contributed by atoms with E-state index in [0.717, 1.165) is 84.9 Å². The van der Waals surface area contributed by atoms with Gasteiger partial charge in [-0.15, -0.1) is 0 Å². The number of carbonyl (C=O) groups is 1. The van der Waals surface area contributed by atoms with Crippen LogP contribution in [0, 0.1) is 11.7 Å². The first kappa shape index (κ1) is 18.1. The quantitative estimate of drug-likeness (QED) is 0.710. The molecule has 2 aliphatic carbocycles. The summed E-state index contributed by atoms with van der Waals surface area (Å²) in [5, 5.41) is 0.747. The van der Waals surface area contributed by atoms with Gasteiger partial charge >= 0.3 is 5.97 Å². The molecule has 2 aromatic rings. The maximum absolute atomic E-state index is 14.0. The summed E-state index contributed by atoms with van der Waals surface area (Å²) >= 11 is 0. The second-order valence-electron chi connectivity index (χ2n) is 7.41. The molecule has 0 saturated heterocycles. The van der Waals surface area contributed by atoms with E-state index in [1.807, 2.05) is 6.92 Å². The van der Waals surface area contributed by atoms with Crippen molar-refractivity contribution >= 4 is 28.3 Å². The Morgan fingerprint density at radius 2 is 2.04 bits per heavy atom. The van der Waals surface area contributed by atoms with Gasteiger partial charge in [-0.2, -0.15) is 0 Å². The van der Waals surface area contributed by atoms with Crippen LogP contribution in [0.1, 0.15) is 56.7 Å². The number of pyridine rings is 1. The third-order valence-electron chi connectivity index (χ3n) is 5.60. The smallest absolute Gasteiger partial charge is 0.314 e. The first-order chi connectivity index (χ1) is 13.2. The molecular weight excluding hydrogens is 343 g/mol. The first-order valence-corrected chi connectivity index (χ1v) is 10.0. The van der Waals surface area contributed by atoms with Crippen LogP contribution < -0.4 is 0 Å². The standard InChI is InChI=1S/C22H25FN2O2/c1-2-27-22(26)16-8-4-6-10-19(16)25-21-15-7-3-5-9-18(15)24-20-12-11-14(23)13-17(20)21/h11-13,16H,2-10H2,1H3. The van der Waals surface area contributed by atoms with Crippen molar-refractivity contribution in [1.29, 1.82) is 0 Å². The highest BCUT2D eigenvalue weighted by Gasteiger charge is 2.29. The molecule has 0 radical (unpaired) electrons. The van der Waals surface area contributed by atoms with E-state index >= 15 is 0 Å². The van der Waals surface area contributed by atoms with E-state index in [-0.39, 0.29) is 17.7 Å². The molecule has 4 rings (SSSR count). The third-order valence-corrected chi connectivity index (χ3v) is 5.60. The molecule has 1 aromatic heterocycles. The van der Waals surface area contributed by atoms with Crippen molar-refractivity contribution in [3.63, 3.8) is 0 Å². The van der Waals surface area contributed by atoms with Crippen LogP contribution in [0.4, 0.5) is 10.1 Å². The van der Waals surface area contributed by atoms with Crippen LogP contribution in [0.25, 0.3) is 10.9 Å². The zero-order valence-electron chi connectivity index (χ0n) is 15.8. The van der Waals surface area contributed by atoms with Gasteiger partial charge in [0.05, 0.1) is 23.7 Å². The monoisotopic (exact) mass is 368 g/mol. The maximum atomic E-state index is 14.0. The van der Waals surface area contributed by atoms with Gasteiger partial charge in [-0.1, -0.05) is 6.42 Å². The van der Waals surface area contributed by atoms with Crippen molar-refractivity contribution in [1.82, 2.24) is 4.98 Å². The lowest BCUT2D eigenvalue weighted by atomic mass is 9.86. The molecule has 1 heterocycles. The molecule has 1 fully saturated rings. The van der Waals surface area contributed by atoms with E-state index in [4.69, 9.17) is 14.7 Å². The van der Waals surface area contributed by atoms with Crippen molar-refractivity contribution in [3.05, 3.63) is 35.3 Å². The van der Waals surface area contributed by atoms with Crippen LogP contribution in [-0.4, -0.2) is 23.3 Å². The summed E-state index contributed by atoms with van der Waals surface area (Å²) in [6, 6.07) is 4.70. The van der Waals surface area contributed by atoms with Crippen molar-refractivity contribution in [3.8, 4) is 0 Å². The molecule has 0 aliphatic heterocycles. The SMILES string of the molecule is CCOC(=O)C1CCCCC1=Nc1c2c(nc3ccc(F)cc13)CCCC2. The fourth-order valence-electron chi connectivity index (χ4n) is 4.27. The summed E-state index contributed by atoms with van der Waals surface area (Å²) in [4.78, 5) is 22.2. The average Bonchev–Trinajstić information content (AvgIpc) is 2.69. The lowest BCUT2D eigenvalue weighted by molar-refractivity contribution is -0.146. The summed E-state index contributed by atoms with van der Waals surface area (Å²) in [5.74, 6) is -0.754. The number of aryl methyl sites for hydroxylation is 1. The zero-order valence-corrected chi connectivity index (χ0v) is 15.8. The van der Waals surface area contributed by atoms with Crippen LogP contribution in [0.5, 0.6) is 0 Å². The van der Waals surface area contributed by atoms with Crippen molar-refractivity contribution in [2.24, 2.45) is 10.9 Å². The van der Waals surface area contributed by atoms with Crippen LogP contribution in [0.3, 0.4) is 0 Å². The van der Waals surface area contributed by atoms with Gasteiger partial charge in [0.25, 0.3) is 0 Å². The zero-order chi connectivity index (χ0) is 18.8. The highest BCUT2D eigenvalue weighted by atomic mass is 19.1. The minimum atomic E-state index is -0.285. The van der Waals surface area contributed by atoms with Gasteiger partial charge in [0.15, 0.2) is 0 Å². The Morgan fingerprint density at radius 1 is 1.22 bits per heavy atom. The Balaban J connectivity index is 1.87. The van der Waals surface area contributed by atoms with E-state index in [1.165, 1.54) is 12.1 Å². The number of halogens is 1. The minimum Gasteiger partial charge on any atom is -0.465 e. The third kappa shape index (κ3) is 3.60. The highest BCUT2D eigenvalue weighted by molar-refractivity contribution is 6.05. The van der Waals surface area contributed by atoms with Gasteiger partial charge in [0.2, 0.25) is 0 Å². The van der Waals surface area contributed by atoms with Gasteiger partial charge < -0.3 is 4.74 Å². The molecular formula is C22H25FN2O2. The van der Waals surface area contributed by atoms with E-state index < -0.39 is 0 Å². The molecule has 27 heavy (non-hydrogen) atoms. The Bertz CT molecular complexity index is 907. The van der Waals surface area contributed by atoms with Crippen molar-refractivity contribution < 1.29 is 13.9 Å². The maximum Gasteiger partial charge on any atom is 0.314 e. The normalized spacial score (nSPS) is 21.3. The van der Waals surface area contributed by atoms with Crippen LogP contribution in [0.15, 0.2) is 23.2 Å². The van der Waals surface area contributed by atoms with Crippen LogP contribution in [-0.2, 0) is 22.4 Å². The second kappa shape index (κ2) is 7.75. The molecule has 0 spiro atoms. The number of esters is 1. The lowest BCUT2D eigenvalue weighted by Gasteiger charge is -2.24. The summed E-state index contributed by atoms with van der Waals surface area (Å²) in [7, 11) is 0. The number of rotatable bonds is 3. The van der Waals surface area contributed by atoms with Crippen molar-refractivity contribution in [2.75, 3.05) is 6.61 Å². The molecule has 0 bridgehead atoms. The molecule has 1 atom stereocenters. The summed E-state index contributed by atoms with van der Waals surface area (Å²) in [6.45, 7) is 2.20. The number of hydrogen-bond donors (Lipinski definition) is 0. The molecule has 4 nitrogen and oxygen atoms in total. The van der Waals surface area contributed by atoms with Crippen molar-refractivity contribution in [2.45, 2.75) is 58.3 Å². The molecule has 142 valence electrons. The lowest BCUT2D eigenvalue weighted by Crippen LogP contribution is -2.29. The average molecular weight is 368 g/mol. The molecule has 1 unspecified atom stereocenters. The fraction of sp³-hybridized carbons (Fsp3) is 0.500. The Kier molecular flexibility index (Phi) is 5.19. The van der Waals surface area contributed by atoms with Gasteiger partial charge in [-0.3, -0.25) is 14.8 Å². The number of ether oxygens (including phenoxy) is 1. The topological polar surface area (TPSA) is 51.5 Å². The number of aromatic nitrogens is 1. The van der Waals surface area contributed by atoms with Gasteiger partial charge in [-0.05, 0) is 75.6 Å². The van der Waals surface area contributed by atoms with Gasteiger partial charge in [0, 0.05) is 16.8 Å². The predicted molar refractivity (Wildman–Crippen MR) is 104 cm³/mol. The Morgan fingerprint density at radius 3 is 2.89 bits per heavy atom. The minimum absolute atomic E-state index is 0.186. The largest absolute Gasteiger partial charge is 0.465 e. The number of carbonyl (C=O) groups excluding carboxylic acids is 1. The van der Waals surface area contributed by atoms with Gasteiger partial charge in [0.1, 0.15) is 5.82 Å². The van der Waals surface area contributed by atoms with E-state index in [0.29, 0.717) is 6.61 Å². The number of fused-ring (bicyclic) bond motifs is 2. The summed E-state index contributed by atoms with van der Waals surface area (Å²) < 4.78 is 19.3. The predicted octanol–water partition coefficient (Wildman–Crippen LogP) is 5.08. The summed E-state index contributed by atoms with van der Waals surface area (Å²) in [6.07, 6.45) is 7.64. The molecule has 2 aliphatic rings. The molecule has 0 amide bonds. The first-order valence-electron chi connectivity index (χ1n) is 10.0. The highest BCUT2D eigenvalue weighted by Crippen LogP contribution is 2.37. The number of benzene rings is 1. The fourth-order valence-corrected chi connectivity index (χ4v) is 4.27. The number of aliphatic imine (C=N–C) groups is 1. The number of hydrogen-bond acceptors (Lipinski definition) is 4. The molecule has 1 saturated carbocycles. The Labute approximate surface area is 158 Å². The van der Waals surface area contributed by atoms with Crippen LogP contribution >= 0.6 is 0 Å². The molecule has 0 N–H and O–H groups in total. The second-order valence-corrected chi connectivity index (χ2v) is 7.41. The molecule has 5 heteroatoms. The van der Waals surface area contributed by atoms with Crippen LogP contribution in [0.2, 0.25) is 0 Å².